The highest BCUT2D eigenvalue weighted by Crippen LogP contribution is 2.21. The van der Waals surface area contributed by atoms with E-state index in [-0.39, 0.29) is 25.0 Å². The van der Waals surface area contributed by atoms with E-state index < -0.39 is 0 Å². The number of nitrogens with zero attached hydrogens (tertiary/aromatic N) is 1. The molecule has 1 N–H and O–H groups in total. The minimum atomic E-state index is -0.167. The maximum absolute atomic E-state index is 12.3. The Labute approximate surface area is 146 Å². The maximum Gasteiger partial charge on any atom is 0.226 e. The van der Waals surface area contributed by atoms with Crippen LogP contribution in [0.1, 0.15) is 24.2 Å². The van der Waals surface area contributed by atoms with Crippen LogP contribution in [0.15, 0.2) is 53.1 Å². The highest BCUT2D eigenvalue weighted by molar-refractivity contribution is 5.86. The third kappa shape index (κ3) is 3.99. The van der Waals surface area contributed by atoms with Crippen molar-refractivity contribution in [2.45, 2.75) is 19.4 Å². The molecule has 0 saturated carbocycles. The van der Waals surface area contributed by atoms with E-state index in [0.717, 1.165) is 10.9 Å². The summed E-state index contributed by atoms with van der Waals surface area (Å²) < 4.78 is 10.6. The minimum Gasteiger partial charge on any atom is -0.481 e. The molecule has 0 spiro atoms. The summed E-state index contributed by atoms with van der Waals surface area (Å²) in [4.78, 5) is 12.3. The Bertz CT molecular complexity index is 924. The molecule has 1 atom stereocenters. The van der Waals surface area contributed by atoms with E-state index in [0.29, 0.717) is 17.0 Å². The van der Waals surface area contributed by atoms with Crippen LogP contribution in [0.25, 0.3) is 11.0 Å². The second kappa shape index (κ2) is 7.54. The van der Waals surface area contributed by atoms with Gasteiger partial charge in [-0.05, 0) is 36.8 Å². The molecule has 0 bridgehead atoms. The number of hydrogen-bond acceptors (Lipinski definition) is 4. The van der Waals surface area contributed by atoms with Crippen molar-refractivity contribution in [3.63, 3.8) is 0 Å². The Morgan fingerprint density at radius 1 is 1.32 bits per heavy atom. The van der Waals surface area contributed by atoms with E-state index in [1.54, 1.807) is 0 Å². The monoisotopic (exact) mass is 334 g/mol. The van der Waals surface area contributed by atoms with Gasteiger partial charge in [0.2, 0.25) is 5.91 Å². The molecule has 25 heavy (non-hydrogen) atoms. The molecule has 3 aromatic rings. The van der Waals surface area contributed by atoms with Gasteiger partial charge >= 0.3 is 0 Å². The zero-order chi connectivity index (χ0) is 17.6. The van der Waals surface area contributed by atoms with Gasteiger partial charge in [0.15, 0.2) is 5.58 Å². The molecule has 5 heteroatoms. The van der Waals surface area contributed by atoms with Gasteiger partial charge in [-0.2, -0.15) is 0 Å². The molecule has 0 aliphatic heterocycles. The summed E-state index contributed by atoms with van der Waals surface area (Å²) in [5.41, 5.74) is 2.25. The van der Waals surface area contributed by atoms with Crippen LogP contribution in [0.2, 0.25) is 0 Å². The molecule has 0 unspecified atom stereocenters. The van der Waals surface area contributed by atoms with Gasteiger partial charge in [0, 0.05) is 5.39 Å². The SMILES string of the molecule is C#CCOc1cccc([C@H](C)NC(=O)Cc2noc3ccccc23)c1. The zero-order valence-corrected chi connectivity index (χ0v) is 13.9. The average Bonchev–Trinajstić information content (AvgIpc) is 3.03. The van der Waals surface area contributed by atoms with Crippen molar-refractivity contribution < 1.29 is 14.1 Å². The summed E-state index contributed by atoms with van der Waals surface area (Å²) >= 11 is 0. The number of rotatable bonds is 6. The maximum atomic E-state index is 12.3. The average molecular weight is 334 g/mol. The van der Waals surface area contributed by atoms with Crippen LogP contribution in [0.5, 0.6) is 5.75 Å². The lowest BCUT2D eigenvalue weighted by atomic mass is 10.1. The summed E-state index contributed by atoms with van der Waals surface area (Å²) in [5.74, 6) is 2.98. The third-order valence-electron chi connectivity index (χ3n) is 3.84. The van der Waals surface area contributed by atoms with Gasteiger partial charge in [0.25, 0.3) is 0 Å². The molecule has 1 heterocycles. The first-order valence-electron chi connectivity index (χ1n) is 7.96. The molecule has 1 amide bonds. The van der Waals surface area contributed by atoms with E-state index in [4.69, 9.17) is 15.7 Å². The van der Waals surface area contributed by atoms with Crippen molar-refractivity contribution in [3.05, 3.63) is 59.8 Å². The molecule has 3 rings (SSSR count). The fourth-order valence-electron chi connectivity index (χ4n) is 2.59. The lowest BCUT2D eigenvalue weighted by Crippen LogP contribution is -2.28. The van der Waals surface area contributed by atoms with Crippen molar-refractivity contribution in [2.24, 2.45) is 0 Å². The van der Waals surface area contributed by atoms with Crippen molar-refractivity contribution >= 4 is 16.9 Å². The lowest BCUT2D eigenvalue weighted by Gasteiger charge is -2.15. The number of carbonyl (C=O) groups excluding carboxylic acids is 1. The number of para-hydroxylation sites is 1. The quantitative estimate of drug-likeness (QED) is 0.703. The van der Waals surface area contributed by atoms with Gasteiger partial charge in [0.1, 0.15) is 18.1 Å². The van der Waals surface area contributed by atoms with Gasteiger partial charge in [-0.3, -0.25) is 4.79 Å². The molecule has 1 aromatic heterocycles. The second-order valence-electron chi connectivity index (χ2n) is 5.66. The number of benzene rings is 2. The Morgan fingerprint density at radius 3 is 3.00 bits per heavy atom. The molecule has 0 fully saturated rings. The number of nitrogens with one attached hydrogen (secondary N) is 1. The Kier molecular flexibility index (Phi) is 5.00. The third-order valence-corrected chi connectivity index (χ3v) is 3.84. The number of aromatic nitrogens is 1. The summed E-state index contributed by atoms with van der Waals surface area (Å²) in [6.45, 7) is 2.13. The van der Waals surface area contributed by atoms with Crippen molar-refractivity contribution in [3.8, 4) is 18.1 Å². The van der Waals surface area contributed by atoms with Gasteiger partial charge in [-0.1, -0.05) is 35.3 Å². The fourth-order valence-corrected chi connectivity index (χ4v) is 2.59. The van der Waals surface area contributed by atoms with Gasteiger partial charge in [-0.25, -0.2) is 0 Å². The predicted octanol–water partition coefficient (Wildman–Crippen LogP) is 3.26. The van der Waals surface area contributed by atoms with Gasteiger partial charge in [-0.15, -0.1) is 6.42 Å². The highest BCUT2D eigenvalue weighted by Gasteiger charge is 2.15. The van der Waals surface area contributed by atoms with Gasteiger partial charge < -0.3 is 14.6 Å². The van der Waals surface area contributed by atoms with Crippen LogP contribution in [0, 0.1) is 12.3 Å². The molecule has 0 aliphatic carbocycles. The van der Waals surface area contributed by atoms with Crippen molar-refractivity contribution in [2.75, 3.05) is 6.61 Å². The first-order chi connectivity index (χ1) is 12.2. The van der Waals surface area contributed by atoms with E-state index in [1.165, 1.54) is 0 Å². The van der Waals surface area contributed by atoms with Crippen molar-refractivity contribution in [1.82, 2.24) is 10.5 Å². The molecule has 0 aliphatic rings. The summed E-state index contributed by atoms with van der Waals surface area (Å²) in [5, 5.41) is 7.81. The number of terminal acetylenes is 1. The summed E-state index contributed by atoms with van der Waals surface area (Å²) in [6, 6.07) is 14.8. The number of carbonyl (C=O) groups is 1. The topological polar surface area (TPSA) is 64.4 Å². The molecular formula is C20H18N2O3. The molecule has 0 saturated heterocycles. The standard InChI is InChI=1S/C20H18N2O3/c1-3-11-24-16-8-6-7-15(12-16)14(2)21-20(23)13-18-17-9-4-5-10-19(17)25-22-18/h1,4-10,12,14H,11,13H2,2H3,(H,21,23)/t14-/m0/s1. The van der Waals surface area contributed by atoms with Crippen LogP contribution >= 0.6 is 0 Å². The van der Waals surface area contributed by atoms with Crippen LogP contribution in [-0.2, 0) is 11.2 Å². The molecule has 0 radical (unpaired) electrons. The fraction of sp³-hybridized carbons (Fsp3) is 0.200. The van der Waals surface area contributed by atoms with Crippen LogP contribution in [0.3, 0.4) is 0 Å². The predicted molar refractivity (Wildman–Crippen MR) is 95.0 cm³/mol. The lowest BCUT2D eigenvalue weighted by molar-refractivity contribution is -0.121. The van der Waals surface area contributed by atoms with E-state index in [1.807, 2.05) is 55.5 Å². The Hall–Kier alpha value is -3.26. The summed E-state index contributed by atoms with van der Waals surface area (Å²) in [6.07, 6.45) is 5.36. The van der Waals surface area contributed by atoms with Crippen LogP contribution in [0.4, 0.5) is 0 Å². The number of ether oxygens (including phenoxy) is 1. The number of hydrogen-bond donors (Lipinski definition) is 1. The molecular weight excluding hydrogens is 316 g/mol. The summed E-state index contributed by atoms with van der Waals surface area (Å²) in [7, 11) is 0. The largest absolute Gasteiger partial charge is 0.481 e. The molecule has 2 aromatic carbocycles. The Morgan fingerprint density at radius 2 is 2.16 bits per heavy atom. The number of amides is 1. The first-order valence-corrected chi connectivity index (χ1v) is 7.96. The Balaban J connectivity index is 1.65. The smallest absolute Gasteiger partial charge is 0.226 e. The van der Waals surface area contributed by atoms with E-state index in [2.05, 4.69) is 16.4 Å². The van der Waals surface area contributed by atoms with Gasteiger partial charge in [0.05, 0.1) is 12.5 Å². The first kappa shape index (κ1) is 16.6. The van der Waals surface area contributed by atoms with Crippen molar-refractivity contribution in [1.29, 1.82) is 0 Å². The minimum absolute atomic E-state index is 0.124. The molecule has 5 nitrogen and oxygen atoms in total. The van der Waals surface area contributed by atoms with E-state index in [9.17, 15) is 4.79 Å². The zero-order valence-electron chi connectivity index (χ0n) is 13.9. The van der Waals surface area contributed by atoms with E-state index >= 15 is 0 Å². The van der Waals surface area contributed by atoms with Crippen LogP contribution in [-0.4, -0.2) is 17.7 Å². The van der Waals surface area contributed by atoms with Crippen LogP contribution < -0.4 is 10.1 Å². The second-order valence-corrected chi connectivity index (χ2v) is 5.66. The normalized spacial score (nSPS) is 11.7. The number of fused-ring (bicyclic) bond motifs is 1. The molecule has 126 valence electrons. The highest BCUT2D eigenvalue weighted by atomic mass is 16.5.